The molecule has 1 aliphatic rings. The van der Waals surface area contributed by atoms with Gasteiger partial charge in [-0.1, -0.05) is 0 Å². The maximum Gasteiger partial charge on any atom is 0.349 e. The van der Waals surface area contributed by atoms with Gasteiger partial charge in [0, 0.05) is 24.5 Å². The summed E-state index contributed by atoms with van der Waals surface area (Å²) < 4.78 is 14.8. The third-order valence-electron chi connectivity index (χ3n) is 4.62. The zero-order valence-electron chi connectivity index (χ0n) is 16.0. The lowest BCUT2D eigenvalue weighted by molar-refractivity contribution is -0.384. The second-order valence-electron chi connectivity index (χ2n) is 6.36. The smallest absolute Gasteiger partial charge is 0.349 e. The van der Waals surface area contributed by atoms with Crippen LogP contribution in [0.1, 0.15) is 16.8 Å². The summed E-state index contributed by atoms with van der Waals surface area (Å²) in [5.74, 6) is -2.17. The number of hydrogen-bond donors (Lipinski definition) is 1. The monoisotopic (exact) mass is 419 g/mol. The van der Waals surface area contributed by atoms with Crippen LogP contribution >= 0.6 is 0 Å². The molecule has 0 spiro atoms. The Hall–Kier alpha value is -3.96. The summed E-state index contributed by atoms with van der Waals surface area (Å²) in [7, 11) is 2.40. The molecule has 12 nitrogen and oxygen atoms in total. The van der Waals surface area contributed by atoms with E-state index in [-0.39, 0.29) is 35.5 Å². The number of methoxy groups -OCH3 is 2. The summed E-state index contributed by atoms with van der Waals surface area (Å²) in [5, 5.41) is 13.8. The van der Waals surface area contributed by atoms with E-state index in [9.17, 15) is 29.3 Å². The van der Waals surface area contributed by atoms with Crippen molar-refractivity contribution in [3.63, 3.8) is 0 Å². The third-order valence-corrected chi connectivity index (χ3v) is 4.62. The number of carbonyl (C=O) groups excluding carboxylic acids is 3. The summed E-state index contributed by atoms with van der Waals surface area (Å²) in [6.07, 6.45) is -0.397. The van der Waals surface area contributed by atoms with Gasteiger partial charge >= 0.3 is 11.6 Å². The molecule has 30 heavy (non-hydrogen) atoms. The predicted octanol–water partition coefficient (Wildman–Crippen LogP) is 0.214. The summed E-state index contributed by atoms with van der Waals surface area (Å²) in [6, 6.07) is 2.19. The molecule has 1 atom stereocenters. The number of nitro groups is 1. The van der Waals surface area contributed by atoms with Crippen molar-refractivity contribution in [2.75, 3.05) is 27.3 Å². The minimum absolute atomic E-state index is 0.0436. The number of nitro benzene ring substituents is 1. The van der Waals surface area contributed by atoms with Crippen LogP contribution in [0.2, 0.25) is 0 Å². The van der Waals surface area contributed by atoms with E-state index in [2.05, 4.69) is 10.1 Å². The zero-order valence-corrected chi connectivity index (χ0v) is 16.0. The maximum absolute atomic E-state index is 13.0. The average molecular weight is 419 g/mol. The fourth-order valence-corrected chi connectivity index (χ4v) is 3.15. The number of rotatable bonds is 5. The van der Waals surface area contributed by atoms with Crippen LogP contribution in [0.3, 0.4) is 0 Å². The standard InChI is InChI=1S/C18H17N3O9/c1-28-13-7-10(21(26)27)5-9-6-11(18(25)30-15(9)13)17(24)20-4-3-19-16(23)12(20)8-14(22)29-2/h5-7,12H,3-4,8H2,1-2H3,(H,19,23)/t12-/m1/s1. The number of nitrogens with zero attached hydrogens (tertiary/aromatic N) is 2. The second-order valence-corrected chi connectivity index (χ2v) is 6.36. The maximum atomic E-state index is 13.0. The van der Waals surface area contributed by atoms with Crippen LogP contribution < -0.4 is 15.7 Å². The van der Waals surface area contributed by atoms with E-state index in [0.717, 1.165) is 30.2 Å². The summed E-state index contributed by atoms with van der Waals surface area (Å²) in [6.45, 7) is 0.169. The van der Waals surface area contributed by atoms with Gasteiger partial charge < -0.3 is 24.1 Å². The van der Waals surface area contributed by atoms with Gasteiger partial charge in [-0.3, -0.25) is 24.5 Å². The Morgan fingerprint density at radius 1 is 1.30 bits per heavy atom. The second kappa shape index (κ2) is 8.19. The molecule has 12 heteroatoms. The van der Waals surface area contributed by atoms with E-state index in [1.807, 2.05) is 0 Å². The van der Waals surface area contributed by atoms with Crippen LogP contribution in [-0.4, -0.2) is 61.0 Å². The van der Waals surface area contributed by atoms with E-state index in [1.54, 1.807) is 0 Å². The topological polar surface area (TPSA) is 158 Å². The molecule has 1 aromatic carbocycles. The quantitative estimate of drug-likeness (QED) is 0.309. The molecule has 2 heterocycles. The van der Waals surface area contributed by atoms with Crippen LogP contribution in [-0.2, 0) is 14.3 Å². The Labute approximate surface area is 168 Å². The van der Waals surface area contributed by atoms with Gasteiger partial charge in [0.15, 0.2) is 11.3 Å². The number of fused-ring (bicyclic) bond motifs is 1. The molecule has 3 rings (SSSR count). The minimum atomic E-state index is -1.17. The molecule has 0 bridgehead atoms. The van der Waals surface area contributed by atoms with Crippen molar-refractivity contribution in [3.05, 3.63) is 44.3 Å². The normalized spacial score (nSPS) is 16.1. The molecule has 0 unspecified atom stereocenters. The first-order valence-electron chi connectivity index (χ1n) is 8.72. The molecule has 0 saturated carbocycles. The lowest BCUT2D eigenvalue weighted by atomic mass is 10.1. The molecular weight excluding hydrogens is 402 g/mol. The number of carbonyl (C=O) groups is 3. The summed E-state index contributed by atoms with van der Waals surface area (Å²) in [4.78, 5) is 60.9. The van der Waals surface area contributed by atoms with Crippen LogP contribution in [0, 0.1) is 10.1 Å². The fourth-order valence-electron chi connectivity index (χ4n) is 3.15. The molecular formula is C18H17N3O9. The lowest BCUT2D eigenvalue weighted by Crippen LogP contribution is -2.58. The van der Waals surface area contributed by atoms with Crippen LogP contribution in [0.15, 0.2) is 27.4 Å². The molecule has 2 aromatic rings. The molecule has 1 saturated heterocycles. The SMILES string of the molecule is COC(=O)C[C@@H]1C(=O)NCCN1C(=O)c1cc2cc([N+](=O)[O-])cc(OC)c2oc1=O. The Balaban J connectivity index is 2.08. The molecule has 1 fully saturated rings. The number of ether oxygens (including phenoxy) is 2. The number of non-ortho nitro benzene ring substituents is 1. The van der Waals surface area contributed by atoms with Gasteiger partial charge in [-0.15, -0.1) is 0 Å². The van der Waals surface area contributed by atoms with Crippen molar-refractivity contribution < 1.29 is 33.2 Å². The fraction of sp³-hybridized carbons (Fsp3) is 0.333. The van der Waals surface area contributed by atoms with Gasteiger partial charge in [0.05, 0.1) is 31.6 Å². The number of esters is 1. The summed E-state index contributed by atoms with van der Waals surface area (Å²) in [5.41, 5.74) is -1.84. The summed E-state index contributed by atoms with van der Waals surface area (Å²) >= 11 is 0. The van der Waals surface area contributed by atoms with Crippen molar-refractivity contribution in [3.8, 4) is 5.75 Å². The Kier molecular flexibility index (Phi) is 5.67. The van der Waals surface area contributed by atoms with Gasteiger partial charge in [-0.25, -0.2) is 4.79 Å². The third kappa shape index (κ3) is 3.79. The van der Waals surface area contributed by atoms with Crippen LogP contribution in [0.4, 0.5) is 5.69 Å². The van der Waals surface area contributed by atoms with Crippen molar-refractivity contribution in [1.82, 2.24) is 10.2 Å². The van der Waals surface area contributed by atoms with Gasteiger partial charge in [-0.2, -0.15) is 0 Å². The van der Waals surface area contributed by atoms with Gasteiger partial charge in [0.1, 0.15) is 11.6 Å². The molecule has 1 aliphatic heterocycles. The first kappa shape index (κ1) is 20.8. The first-order chi connectivity index (χ1) is 14.3. The van der Waals surface area contributed by atoms with Crippen LogP contribution in [0.25, 0.3) is 11.0 Å². The predicted molar refractivity (Wildman–Crippen MR) is 100 cm³/mol. The Bertz CT molecular complexity index is 1110. The largest absolute Gasteiger partial charge is 0.493 e. The van der Waals surface area contributed by atoms with E-state index in [1.165, 1.54) is 7.11 Å². The zero-order chi connectivity index (χ0) is 22.0. The van der Waals surface area contributed by atoms with Crippen molar-refractivity contribution >= 4 is 34.4 Å². The Morgan fingerprint density at radius 2 is 2.03 bits per heavy atom. The van der Waals surface area contributed by atoms with Gasteiger partial charge in [-0.05, 0) is 6.07 Å². The first-order valence-corrected chi connectivity index (χ1v) is 8.72. The van der Waals surface area contributed by atoms with Crippen LogP contribution in [0.5, 0.6) is 5.75 Å². The van der Waals surface area contributed by atoms with Gasteiger partial charge in [0.25, 0.3) is 11.6 Å². The highest BCUT2D eigenvalue weighted by molar-refractivity contribution is 6.01. The molecule has 2 amide bonds. The van der Waals surface area contributed by atoms with Crippen molar-refractivity contribution in [2.24, 2.45) is 0 Å². The lowest BCUT2D eigenvalue weighted by Gasteiger charge is -2.34. The Morgan fingerprint density at radius 3 is 2.67 bits per heavy atom. The highest BCUT2D eigenvalue weighted by atomic mass is 16.6. The van der Waals surface area contributed by atoms with Crippen molar-refractivity contribution in [2.45, 2.75) is 12.5 Å². The highest BCUT2D eigenvalue weighted by Crippen LogP contribution is 2.31. The molecule has 0 aliphatic carbocycles. The van der Waals surface area contributed by atoms with Gasteiger partial charge in [0.2, 0.25) is 5.91 Å². The molecule has 1 N–H and O–H groups in total. The molecule has 0 radical (unpaired) electrons. The number of hydrogen-bond acceptors (Lipinski definition) is 9. The van der Waals surface area contributed by atoms with Crippen molar-refractivity contribution in [1.29, 1.82) is 0 Å². The number of benzene rings is 1. The number of amides is 2. The highest BCUT2D eigenvalue weighted by Gasteiger charge is 2.36. The minimum Gasteiger partial charge on any atom is -0.493 e. The average Bonchev–Trinajstić information content (AvgIpc) is 2.73. The molecule has 1 aromatic heterocycles. The molecule has 158 valence electrons. The van der Waals surface area contributed by atoms with E-state index in [0.29, 0.717) is 0 Å². The van der Waals surface area contributed by atoms with E-state index < -0.39 is 46.4 Å². The number of nitrogens with one attached hydrogen (secondary N) is 1. The number of piperazine rings is 1. The van der Waals surface area contributed by atoms with E-state index >= 15 is 0 Å². The van der Waals surface area contributed by atoms with E-state index in [4.69, 9.17) is 9.15 Å².